The van der Waals surface area contributed by atoms with Crippen LogP contribution in [-0.2, 0) is 17.5 Å². The molecular formula is C23H17Cl2F3N4O. The van der Waals surface area contributed by atoms with Crippen LogP contribution in [0.3, 0.4) is 0 Å². The largest absolute Gasteiger partial charge is 0.435 e. The van der Waals surface area contributed by atoms with Crippen LogP contribution in [-0.4, -0.2) is 20.7 Å². The smallest absolute Gasteiger partial charge is 0.350 e. The fraction of sp³-hybridized carbons (Fsp3) is 0.174. The highest BCUT2D eigenvalue weighted by Gasteiger charge is 2.35. The highest BCUT2D eigenvalue weighted by molar-refractivity contribution is 6.30. The Morgan fingerprint density at radius 2 is 1.88 bits per heavy atom. The van der Waals surface area contributed by atoms with Crippen LogP contribution in [0.15, 0.2) is 60.8 Å². The van der Waals surface area contributed by atoms with Crippen LogP contribution in [0.25, 0.3) is 16.5 Å². The molecular weight excluding hydrogens is 476 g/mol. The normalized spacial score (nSPS) is 12.7. The first-order valence-electron chi connectivity index (χ1n) is 9.87. The summed E-state index contributed by atoms with van der Waals surface area (Å²) >= 11 is 12.0. The number of nitrogens with zero attached hydrogens (tertiary/aromatic N) is 3. The van der Waals surface area contributed by atoms with Gasteiger partial charge in [-0.25, -0.2) is 9.67 Å². The first-order valence-corrected chi connectivity index (χ1v) is 10.6. The molecule has 0 saturated carbocycles. The number of alkyl halides is 3. The number of halogens is 5. The number of amides is 1. The second-order valence-corrected chi connectivity index (χ2v) is 8.25. The van der Waals surface area contributed by atoms with Gasteiger partial charge in [-0.15, -0.1) is 0 Å². The Hall–Kier alpha value is -3.10. The molecule has 170 valence electrons. The quantitative estimate of drug-likeness (QED) is 0.339. The van der Waals surface area contributed by atoms with Crippen molar-refractivity contribution in [2.24, 2.45) is 0 Å². The van der Waals surface area contributed by atoms with Crippen molar-refractivity contribution in [3.8, 4) is 5.69 Å². The van der Waals surface area contributed by atoms with Crippen molar-refractivity contribution in [1.29, 1.82) is 0 Å². The predicted octanol–water partition coefficient (Wildman–Crippen LogP) is 6.17. The van der Waals surface area contributed by atoms with Gasteiger partial charge >= 0.3 is 6.18 Å². The third-order valence-electron chi connectivity index (χ3n) is 5.19. The number of aromatic nitrogens is 3. The minimum Gasteiger partial charge on any atom is -0.350 e. The van der Waals surface area contributed by atoms with E-state index >= 15 is 0 Å². The summed E-state index contributed by atoms with van der Waals surface area (Å²) in [5.74, 6) is -0.945. The number of nitrogens with one attached hydrogen (secondary N) is 1. The summed E-state index contributed by atoms with van der Waals surface area (Å²) in [5, 5.41) is 8.66. The van der Waals surface area contributed by atoms with Crippen molar-refractivity contribution in [1.82, 2.24) is 20.1 Å². The lowest BCUT2D eigenvalue weighted by Crippen LogP contribution is -2.28. The number of pyridine rings is 1. The zero-order valence-corrected chi connectivity index (χ0v) is 18.7. The Kier molecular flexibility index (Phi) is 6.32. The molecule has 0 saturated heterocycles. The van der Waals surface area contributed by atoms with Crippen LogP contribution in [0.4, 0.5) is 13.2 Å². The standard InChI is InChI=1S/C23H17Cl2F3N4O/c1-13(18-7-2-4-14-11-29-21(25)10-19(14)18)22(33)30-12-17-9-20(23(26,27)28)31-32(17)16-6-3-5-15(24)8-16/h2-11,13H,12H2,1H3,(H,30,33). The Labute approximate surface area is 197 Å². The lowest BCUT2D eigenvalue weighted by atomic mass is 9.95. The molecule has 0 aliphatic heterocycles. The molecule has 0 radical (unpaired) electrons. The molecule has 4 aromatic rings. The summed E-state index contributed by atoms with van der Waals surface area (Å²) < 4.78 is 41.0. The van der Waals surface area contributed by atoms with Gasteiger partial charge in [0.2, 0.25) is 5.91 Å². The van der Waals surface area contributed by atoms with Gasteiger partial charge < -0.3 is 5.32 Å². The fourth-order valence-electron chi connectivity index (χ4n) is 3.53. The van der Waals surface area contributed by atoms with Gasteiger partial charge in [-0.1, -0.05) is 47.5 Å². The number of hydrogen-bond acceptors (Lipinski definition) is 3. The van der Waals surface area contributed by atoms with E-state index in [1.807, 2.05) is 6.07 Å². The summed E-state index contributed by atoms with van der Waals surface area (Å²) in [6.07, 6.45) is -3.01. The Bertz CT molecular complexity index is 1340. The highest BCUT2D eigenvalue weighted by atomic mass is 35.5. The van der Waals surface area contributed by atoms with Gasteiger partial charge in [0.1, 0.15) is 5.15 Å². The van der Waals surface area contributed by atoms with Gasteiger partial charge in [-0.2, -0.15) is 18.3 Å². The molecule has 4 rings (SSSR count). The number of benzene rings is 2. The van der Waals surface area contributed by atoms with E-state index in [1.165, 1.54) is 6.07 Å². The highest BCUT2D eigenvalue weighted by Crippen LogP contribution is 2.30. The van der Waals surface area contributed by atoms with Crippen molar-refractivity contribution in [2.75, 3.05) is 0 Å². The van der Waals surface area contributed by atoms with Crippen molar-refractivity contribution in [3.05, 3.63) is 87.9 Å². The molecule has 0 aliphatic rings. The molecule has 1 N–H and O–H groups in total. The second-order valence-electron chi connectivity index (χ2n) is 7.43. The summed E-state index contributed by atoms with van der Waals surface area (Å²) in [6, 6.07) is 14.4. The third-order valence-corrected chi connectivity index (χ3v) is 5.64. The third kappa shape index (κ3) is 4.96. The average Bonchev–Trinajstić information content (AvgIpc) is 3.21. The van der Waals surface area contributed by atoms with E-state index in [2.05, 4.69) is 15.4 Å². The van der Waals surface area contributed by atoms with Crippen LogP contribution in [0, 0.1) is 0 Å². The van der Waals surface area contributed by atoms with Crippen LogP contribution in [0.2, 0.25) is 10.2 Å². The van der Waals surface area contributed by atoms with Gasteiger partial charge in [0, 0.05) is 16.6 Å². The zero-order chi connectivity index (χ0) is 23.8. The van der Waals surface area contributed by atoms with E-state index in [0.717, 1.165) is 27.1 Å². The van der Waals surface area contributed by atoms with Gasteiger partial charge in [-0.05, 0) is 48.2 Å². The van der Waals surface area contributed by atoms with E-state index in [1.54, 1.807) is 49.5 Å². The maximum atomic E-state index is 13.3. The van der Waals surface area contributed by atoms with E-state index in [-0.39, 0.29) is 18.1 Å². The molecule has 1 unspecified atom stereocenters. The van der Waals surface area contributed by atoms with Crippen LogP contribution in [0.5, 0.6) is 0 Å². The van der Waals surface area contributed by atoms with E-state index < -0.39 is 17.8 Å². The molecule has 2 aromatic carbocycles. The summed E-state index contributed by atoms with van der Waals surface area (Å²) in [4.78, 5) is 17.0. The number of carbonyl (C=O) groups excluding carboxylic acids is 1. The first-order chi connectivity index (χ1) is 15.6. The average molecular weight is 493 g/mol. The van der Waals surface area contributed by atoms with Gasteiger partial charge in [-0.3, -0.25) is 4.79 Å². The maximum absolute atomic E-state index is 13.3. The molecule has 2 aromatic heterocycles. The van der Waals surface area contributed by atoms with E-state index in [4.69, 9.17) is 23.2 Å². The Morgan fingerprint density at radius 3 is 2.61 bits per heavy atom. The van der Waals surface area contributed by atoms with Crippen molar-refractivity contribution in [2.45, 2.75) is 25.6 Å². The molecule has 1 amide bonds. The van der Waals surface area contributed by atoms with Gasteiger partial charge in [0.05, 0.1) is 23.8 Å². The maximum Gasteiger partial charge on any atom is 0.435 e. The molecule has 0 aliphatic carbocycles. The van der Waals surface area contributed by atoms with Crippen LogP contribution in [0.1, 0.15) is 29.8 Å². The summed E-state index contributed by atoms with van der Waals surface area (Å²) in [5.41, 5.74) is 0.186. The van der Waals surface area contributed by atoms with Crippen LogP contribution < -0.4 is 5.32 Å². The molecule has 5 nitrogen and oxygen atoms in total. The van der Waals surface area contributed by atoms with Crippen molar-refractivity contribution < 1.29 is 18.0 Å². The van der Waals surface area contributed by atoms with E-state index in [0.29, 0.717) is 15.9 Å². The topological polar surface area (TPSA) is 59.8 Å². The molecule has 2 heterocycles. The summed E-state index contributed by atoms with van der Waals surface area (Å²) in [7, 11) is 0. The van der Waals surface area contributed by atoms with Gasteiger partial charge in [0.15, 0.2) is 5.69 Å². The number of rotatable bonds is 5. The molecule has 1 atom stereocenters. The van der Waals surface area contributed by atoms with Crippen molar-refractivity contribution in [3.63, 3.8) is 0 Å². The summed E-state index contributed by atoms with van der Waals surface area (Å²) in [6.45, 7) is 1.56. The minimum atomic E-state index is -4.63. The Morgan fingerprint density at radius 1 is 1.12 bits per heavy atom. The molecule has 0 bridgehead atoms. The minimum absolute atomic E-state index is 0.161. The number of carbonyl (C=O) groups is 1. The molecule has 0 spiro atoms. The molecule has 10 heteroatoms. The van der Waals surface area contributed by atoms with Gasteiger partial charge in [0.25, 0.3) is 0 Å². The molecule has 33 heavy (non-hydrogen) atoms. The first kappa shape index (κ1) is 23.1. The predicted molar refractivity (Wildman–Crippen MR) is 121 cm³/mol. The van der Waals surface area contributed by atoms with Crippen LogP contribution >= 0.6 is 23.2 Å². The monoisotopic (exact) mass is 492 g/mol. The molecule has 0 fully saturated rings. The van der Waals surface area contributed by atoms with Crippen molar-refractivity contribution >= 4 is 39.9 Å². The SMILES string of the molecule is CC(C(=O)NCc1cc(C(F)(F)F)nn1-c1cccc(Cl)c1)c1cccc2cnc(Cl)cc12. The lowest BCUT2D eigenvalue weighted by molar-refractivity contribution is -0.141. The second kappa shape index (κ2) is 9.03. The number of hydrogen-bond donors (Lipinski definition) is 1. The Balaban J connectivity index is 1.61. The number of fused-ring (bicyclic) bond motifs is 1. The zero-order valence-electron chi connectivity index (χ0n) is 17.2. The van der Waals surface area contributed by atoms with E-state index in [9.17, 15) is 18.0 Å². The fourth-order valence-corrected chi connectivity index (χ4v) is 3.88. The lowest BCUT2D eigenvalue weighted by Gasteiger charge is -2.15.